The molecule has 0 saturated heterocycles. The number of hydrogen-bond donors (Lipinski definition) is 1. The number of methoxy groups -OCH3 is 2. The first-order valence-corrected chi connectivity index (χ1v) is 18.4. The maximum absolute atomic E-state index is 14.1. The van der Waals surface area contributed by atoms with Crippen LogP contribution < -0.4 is 0 Å². The third-order valence-corrected chi connectivity index (χ3v) is 16.9. The van der Waals surface area contributed by atoms with Gasteiger partial charge >= 0.3 is 0 Å². The number of fused-ring (bicyclic) bond motifs is 3. The van der Waals surface area contributed by atoms with Crippen LogP contribution in [0.15, 0.2) is 22.8 Å². The Labute approximate surface area is 256 Å². The molecule has 1 fully saturated rings. The predicted molar refractivity (Wildman–Crippen MR) is 170 cm³/mol. The van der Waals surface area contributed by atoms with E-state index in [0.717, 1.165) is 24.8 Å². The monoisotopic (exact) mass is 608 g/mol. The molecule has 8 heteroatoms. The fourth-order valence-corrected chi connectivity index (χ4v) is 14.8. The molecule has 0 spiro atoms. The summed E-state index contributed by atoms with van der Waals surface area (Å²) >= 11 is 0. The van der Waals surface area contributed by atoms with Crippen LogP contribution >= 0.6 is 0 Å². The highest BCUT2D eigenvalue weighted by atomic mass is 28.4. The molecule has 42 heavy (non-hydrogen) atoms. The summed E-state index contributed by atoms with van der Waals surface area (Å²) in [4.78, 5) is 14.1. The molecule has 1 N–H and O–H groups in total. The van der Waals surface area contributed by atoms with Crippen LogP contribution in [0, 0.1) is 23.2 Å². The molecule has 0 radical (unpaired) electrons. The van der Waals surface area contributed by atoms with Crippen molar-refractivity contribution >= 4 is 14.1 Å². The van der Waals surface area contributed by atoms with E-state index in [4.69, 9.17) is 23.4 Å². The van der Waals surface area contributed by atoms with E-state index < -0.39 is 8.32 Å². The fourth-order valence-electron chi connectivity index (χ4n) is 9.30. The Morgan fingerprint density at radius 2 is 1.62 bits per heavy atom. The van der Waals surface area contributed by atoms with Crippen molar-refractivity contribution in [2.24, 2.45) is 23.2 Å². The highest BCUT2D eigenvalue weighted by Gasteiger charge is 2.59. The maximum Gasteiger partial charge on any atom is 0.200 e. The largest absolute Gasteiger partial charge is 0.416 e. The molecule has 0 amide bonds. The van der Waals surface area contributed by atoms with Gasteiger partial charge in [0.05, 0.1) is 12.2 Å². The van der Waals surface area contributed by atoms with Crippen LogP contribution in [0.4, 0.5) is 0 Å². The highest BCUT2D eigenvalue weighted by molar-refractivity contribution is 6.77. The molecule has 0 heterocycles. The zero-order valence-corrected chi connectivity index (χ0v) is 29.2. The first kappa shape index (κ1) is 35.6. The van der Waals surface area contributed by atoms with Gasteiger partial charge in [-0.15, -0.1) is 0 Å². The molecule has 3 aliphatic carbocycles. The van der Waals surface area contributed by atoms with E-state index in [9.17, 15) is 9.90 Å². The van der Waals surface area contributed by atoms with E-state index in [2.05, 4.69) is 61.5 Å². The molecule has 242 valence electrons. The molecule has 0 aromatic carbocycles. The normalized spacial score (nSPS) is 30.3. The van der Waals surface area contributed by atoms with Crippen LogP contribution in [0.25, 0.3) is 0 Å². The minimum Gasteiger partial charge on any atom is -0.416 e. The van der Waals surface area contributed by atoms with Crippen molar-refractivity contribution in [3.05, 3.63) is 22.8 Å². The van der Waals surface area contributed by atoms with Crippen LogP contribution in [0.3, 0.4) is 0 Å². The predicted octanol–water partition coefficient (Wildman–Crippen LogP) is 7.20. The van der Waals surface area contributed by atoms with Gasteiger partial charge in [-0.05, 0) is 78.5 Å². The summed E-state index contributed by atoms with van der Waals surface area (Å²) in [7, 11) is 1.25. The number of allylic oxidation sites excluding steroid dienone is 2. The van der Waals surface area contributed by atoms with Gasteiger partial charge in [-0.25, -0.2) is 0 Å². The molecule has 0 aromatic heterocycles. The molecule has 3 rings (SSSR count). The van der Waals surface area contributed by atoms with Gasteiger partial charge in [0.15, 0.2) is 14.1 Å². The molecule has 0 unspecified atom stereocenters. The van der Waals surface area contributed by atoms with Crippen LogP contribution in [0.5, 0.6) is 0 Å². The SMILES string of the molecule is COCO[C@H]1C=C(C)C[C@@H]2[C@@H]1C[C@@H](OCOC)[C@@H]1C(CCO[Si](C(C)C)(C(C)C)C(C)C)=C(CCCO)C(=O)C[C@@]21C. The Morgan fingerprint density at radius 3 is 2.19 bits per heavy atom. The van der Waals surface area contributed by atoms with Crippen molar-refractivity contribution in [3.63, 3.8) is 0 Å². The molecule has 6 atom stereocenters. The van der Waals surface area contributed by atoms with Gasteiger partial charge < -0.3 is 28.5 Å². The van der Waals surface area contributed by atoms with E-state index in [0.29, 0.717) is 42.5 Å². The Kier molecular flexibility index (Phi) is 13.1. The third-order valence-electron chi connectivity index (χ3n) is 10.8. The Morgan fingerprint density at radius 1 is 1.00 bits per heavy atom. The van der Waals surface area contributed by atoms with Gasteiger partial charge in [0.2, 0.25) is 0 Å². The highest BCUT2D eigenvalue weighted by Crippen LogP contribution is 2.61. The number of ketones is 1. The smallest absolute Gasteiger partial charge is 0.200 e. The molecule has 0 bridgehead atoms. The molecule has 0 aromatic rings. The standard InChI is InChI=1S/C34H60O7Si/c1-22(2)42(23(3)4,24(5)6)41-15-13-27-26(12-11-14-35)30(36)19-34(8)29-16-25(7)17-31(39-20-37-9)28(29)18-32(33(27)34)40-21-38-10/h17,22-24,28-29,31-33,35H,11-16,18-21H2,1-10H3/t28-,29+,31-,32+,33-,34-/m0/s1. The van der Waals surface area contributed by atoms with Gasteiger partial charge in [0.25, 0.3) is 0 Å². The minimum atomic E-state index is -2.07. The van der Waals surface area contributed by atoms with Gasteiger partial charge in [0, 0.05) is 39.8 Å². The quantitative estimate of drug-likeness (QED) is 0.113. The van der Waals surface area contributed by atoms with E-state index in [1.807, 2.05) is 0 Å². The van der Waals surface area contributed by atoms with Gasteiger partial charge in [0.1, 0.15) is 13.6 Å². The molecular weight excluding hydrogens is 548 g/mol. The number of carbonyl (C=O) groups excluding carboxylic acids is 1. The Bertz CT molecular complexity index is 936. The summed E-state index contributed by atoms with van der Waals surface area (Å²) in [5, 5.41) is 9.75. The van der Waals surface area contributed by atoms with Crippen molar-refractivity contribution in [1.29, 1.82) is 0 Å². The molecule has 7 nitrogen and oxygen atoms in total. The number of carbonyl (C=O) groups is 1. The summed E-state index contributed by atoms with van der Waals surface area (Å²) in [6, 6.07) is 0. The topological polar surface area (TPSA) is 83.5 Å². The average molecular weight is 609 g/mol. The minimum absolute atomic E-state index is 0.0728. The molecular formula is C34H60O7Si. The maximum atomic E-state index is 14.1. The van der Waals surface area contributed by atoms with Crippen LogP contribution in [-0.2, 0) is 28.2 Å². The summed E-state index contributed by atoms with van der Waals surface area (Å²) < 4.78 is 30.5. The molecule has 3 aliphatic rings. The summed E-state index contributed by atoms with van der Waals surface area (Å²) in [6.45, 7) is 19.5. The number of ether oxygens (including phenoxy) is 4. The first-order valence-electron chi connectivity index (χ1n) is 16.3. The van der Waals surface area contributed by atoms with Crippen LogP contribution in [-0.4, -0.2) is 72.4 Å². The van der Waals surface area contributed by atoms with E-state index in [-0.39, 0.29) is 61.4 Å². The number of aliphatic hydroxyl groups is 1. The lowest BCUT2D eigenvalue weighted by atomic mass is 9.47. The number of hydrogen-bond acceptors (Lipinski definition) is 7. The van der Waals surface area contributed by atoms with Gasteiger partial charge in [-0.2, -0.15) is 0 Å². The van der Waals surface area contributed by atoms with Crippen LogP contribution in [0.1, 0.15) is 93.9 Å². The van der Waals surface area contributed by atoms with Crippen molar-refractivity contribution < 1.29 is 33.3 Å². The average Bonchev–Trinajstić information content (AvgIpc) is 2.91. The van der Waals surface area contributed by atoms with Crippen molar-refractivity contribution in [2.75, 3.05) is 41.0 Å². The van der Waals surface area contributed by atoms with Crippen molar-refractivity contribution in [1.82, 2.24) is 0 Å². The number of aliphatic hydroxyl groups excluding tert-OH is 1. The van der Waals surface area contributed by atoms with Crippen molar-refractivity contribution in [2.45, 2.75) is 123 Å². The van der Waals surface area contributed by atoms with Crippen molar-refractivity contribution in [3.8, 4) is 0 Å². The first-order chi connectivity index (χ1) is 19.9. The van der Waals surface area contributed by atoms with Crippen LogP contribution in [0.2, 0.25) is 16.6 Å². The second-order valence-electron chi connectivity index (χ2n) is 14.2. The van der Waals surface area contributed by atoms with E-state index in [1.54, 1.807) is 14.2 Å². The summed E-state index contributed by atoms with van der Waals surface area (Å²) in [5.41, 5.74) is 4.60. The summed E-state index contributed by atoms with van der Waals surface area (Å²) in [6.07, 6.45) is 6.24. The number of rotatable bonds is 16. The van der Waals surface area contributed by atoms with E-state index in [1.165, 1.54) is 11.1 Å². The lowest BCUT2D eigenvalue weighted by molar-refractivity contribution is -0.180. The van der Waals surface area contributed by atoms with Gasteiger partial charge in [-0.3, -0.25) is 4.79 Å². The lowest BCUT2D eigenvalue weighted by Crippen LogP contribution is -2.58. The second-order valence-corrected chi connectivity index (χ2v) is 19.7. The summed E-state index contributed by atoms with van der Waals surface area (Å²) in [5.74, 6) is 0.807. The third kappa shape index (κ3) is 7.16. The lowest BCUT2D eigenvalue weighted by Gasteiger charge is -2.59. The molecule has 1 saturated carbocycles. The zero-order valence-electron chi connectivity index (χ0n) is 28.2. The number of Topliss-reactive ketones (excluding diaryl/α,β-unsaturated/α-hetero) is 1. The fraction of sp³-hybridized carbons (Fsp3) is 0.853. The second kappa shape index (κ2) is 15.4. The Hall–Kier alpha value is -0.873. The van der Waals surface area contributed by atoms with E-state index >= 15 is 0 Å². The van der Waals surface area contributed by atoms with Gasteiger partial charge in [-0.1, -0.05) is 65.7 Å². The Balaban J connectivity index is 2.07. The molecule has 0 aliphatic heterocycles. The zero-order chi connectivity index (χ0) is 31.2.